The molecule has 0 radical (unpaired) electrons. The van der Waals surface area contributed by atoms with Crippen molar-refractivity contribution >= 4 is 23.5 Å². The number of hydrogen-bond acceptors (Lipinski definition) is 6. The lowest BCUT2D eigenvalue weighted by molar-refractivity contribution is -0.132. The van der Waals surface area contributed by atoms with Crippen LogP contribution in [0.15, 0.2) is 0 Å². The van der Waals surface area contributed by atoms with Gasteiger partial charge < -0.3 is 10.6 Å². The van der Waals surface area contributed by atoms with E-state index < -0.39 is 6.04 Å². The number of hydrogen-bond donors (Lipinski definition) is 2. The number of nitrogen functional groups attached to an aromatic ring is 1. The van der Waals surface area contributed by atoms with Gasteiger partial charge in [-0.3, -0.25) is 14.9 Å². The standard InChI is InChI=1S/C14H21N5O2/c1-5-9-14(21)16-10(20)6-19(9)13-8(4)11(15)17-12(18-13)7(2)3/h7,9H,5-6H2,1-4H3,(H2,15,17,18)(H,16,20,21). The molecule has 7 heteroatoms. The second-order valence-corrected chi connectivity index (χ2v) is 5.53. The normalized spacial score (nSPS) is 19.1. The molecule has 7 nitrogen and oxygen atoms in total. The molecule has 1 aliphatic rings. The number of rotatable bonds is 3. The van der Waals surface area contributed by atoms with Crippen molar-refractivity contribution in [3.63, 3.8) is 0 Å². The first-order valence-electron chi connectivity index (χ1n) is 7.09. The zero-order valence-corrected chi connectivity index (χ0v) is 12.8. The van der Waals surface area contributed by atoms with Crippen molar-refractivity contribution in [2.75, 3.05) is 17.2 Å². The molecule has 0 aromatic carbocycles. The highest BCUT2D eigenvalue weighted by Gasteiger charge is 2.34. The van der Waals surface area contributed by atoms with Crippen molar-refractivity contribution in [2.24, 2.45) is 0 Å². The third kappa shape index (κ3) is 2.81. The number of nitrogens with one attached hydrogen (secondary N) is 1. The number of aromatic nitrogens is 2. The average molecular weight is 291 g/mol. The molecule has 1 fully saturated rings. The summed E-state index contributed by atoms with van der Waals surface area (Å²) in [5.74, 6) is 1.06. The summed E-state index contributed by atoms with van der Waals surface area (Å²) < 4.78 is 0. The van der Waals surface area contributed by atoms with Gasteiger partial charge in [0.2, 0.25) is 11.8 Å². The van der Waals surface area contributed by atoms with E-state index >= 15 is 0 Å². The van der Waals surface area contributed by atoms with Gasteiger partial charge in [0, 0.05) is 11.5 Å². The Kier molecular flexibility index (Phi) is 4.11. The van der Waals surface area contributed by atoms with Crippen LogP contribution in [0.2, 0.25) is 0 Å². The molecule has 1 aromatic heterocycles. The Bertz CT molecular complexity index is 585. The van der Waals surface area contributed by atoms with Gasteiger partial charge >= 0.3 is 0 Å². The molecule has 1 saturated heterocycles. The highest BCUT2D eigenvalue weighted by molar-refractivity contribution is 6.04. The van der Waals surface area contributed by atoms with Gasteiger partial charge in [0.05, 0.1) is 6.54 Å². The number of anilines is 2. The zero-order valence-electron chi connectivity index (χ0n) is 12.8. The summed E-state index contributed by atoms with van der Waals surface area (Å²) >= 11 is 0. The molecule has 2 amide bonds. The van der Waals surface area contributed by atoms with Crippen LogP contribution in [0, 0.1) is 6.92 Å². The van der Waals surface area contributed by atoms with Crippen LogP contribution in [0.1, 0.15) is 44.5 Å². The Morgan fingerprint density at radius 1 is 1.38 bits per heavy atom. The van der Waals surface area contributed by atoms with Crippen molar-refractivity contribution in [1.29, 1.82) is 0 Å². The van der Waals surface area contributed by atoms with E-state index in [1.807, 2.05) is 20.8 Å². The number of amides is 2. The Morgan fingerprint density at radius 2 is 2.05 bits per heavy atom. The number of nitrogens with two attached hydrogens (primary N) is 1. The van der Waals surface area contributed by atoms with Crippen LogP contribution in [-0.2, 0) is 9.59 Å². The predicted octanol–water partition coefficient (Wildman–Crippen LogP) is 0.732. The fourth-order valence-corrected chi connectivity index (χ4v) is 2.37. The van der Waals surface area contributed by atoms with E-state index in [1.165, 1.54) is 0 Å². The molecule has 2 rings (SSSR count). The molecule has 1 aliphatic heterocycles. The monoisotopic (exact) mass is 291 g/mol. The average Bonchev–Trinajstić information content (AvgIpc) is 2.40. The third-order valence-corrected chi connectivity index (χ3v) is 3.61. The van der Waals surface area contributed by atoms with Crippen LogP contribution in [-0.4, -0.2) is 34.4 Å². The Hall–Kier alpha value is -2.18. The number of nitrogens with zero attached hydrogens (tertiary/aromatic N) is 3. The van der Waals surface area contributed by atoms with Crippen LogP contribution >= 0.6 is 0 Å². The SMILES string of the molecule is CCC1C(=O)NC(=O)CN1c1nc(C(C)C)nc(N)c1C. The maximum Gasteiger partial charge on any atom is 0.249 e. The van der Waals surface area contributed by atoms with Gasteiger partial charge in [0.25, 0.3) is 0 Å². The van der Waals surface area contributed by atoms with Crippen molar-refractivity contribution < 1.29 is 9.59 Å². The van der Waals surface area contributed by atoms with Crippen LogP contribution in [0.25, 0.3) is 0 Å². The molecule has 0 aliphatic carbocycles. The van der Waals surface area contributed by atoms with Gasteiger partial charge in [-0.05, 0) is 13.3 Å². The van der Waals surface area contributed by atoms with E-state index in [1.54, 1.807) is 11.8 Å². The second kappa shape index (κ2) is 5.67. The quantitative estimate of drug-likeness (QED) is 0.796. The Balaban J connectivity index is 2.52. The maximum absolute atomic E-state index is 12.0. The van der Waals surface area contributed by atoms with E-state index in [4.69, 9.17) is 5.73 Å². The lowest BCUT2D eigenvalue weighted by atomic mass is 10.1. The van der Waals surface area contributed by atoms with E-state index in [-0.39, 0.29) is 24.3 Å². The van der Waals surface area contributed by atoms with Gasteiger partial charge in [-0.1, -0.05) is 20.8 Å². The molecule has 1 unspecified atom stereocenters. The van der Waals surface area contributed by atoms with Crippen LogP contribution < -0.4 is 16.0 Å². The molecular formula is C14H21N5O2. The summed E-state index contributed by atoms with van der Waals surface area (Å²) in [4.78, 5) is 34.2. The summed E-state index contributed by atoms with van der Waals surface area (Å²) in [6.45, 7) is 7.74. The molecule has 114 valence electrons. The predicted molar refractivity (Wildman–Crippen MR) is 79.8 cm³/mol. The van der Waals surface area contributed by atoms with E-state index in [0.29, 0.717) is 29.4 Å². The Labute approximate surface area is 123 Å². The maximum atomic E-state index is 12.0. The summed E-state index contributed by atoms with van der Waals surface area (Å²) in [5.41, 5.74) is 6.65. The first kappa shape index (κ1) is 15.2. The van der Waals surface area contributed by atoms with E-state index in [0.717, 1.165) is 0 Å². The molecular weight excluding hydrogens is 270 g/mol. The van der Waals surface area contributed by atoms with Gasteiger partial charge in [0.15, 0.2) is 0 Å². The Morgan fingerprint density at radius 3 is 2.62 bits per heavy atom. The molecule has 1 atom stereocenters. The first-order chi connectivity index (χ1) is 9.85. The van der Waals surface area contributed by atoms with Crippen LogP contribution in [0.3, 0.4) is 0 Å². The molecule has 0 saturated carbocycles. The lowest BCUT2D eigenvalue weighted by Gasteiger charge is -2.35. The minimum Gasteiger partial charge on any atom is -0.383 e. The summed E-state index contributed by atoms with van der Waals surface area (Å²) in [6, 6.07) is -0.421. The van der Waals surface area contributed by atoms with Gasteiger partial charge in [-0.25, -0.2) is 9.97 Å². The molecule has 0 spiro atoms. The molecule has 1 aromatic rings. The van der Waals surface area contributed by atoms with Gasteiger partial charge in [0.1, 0.15) is 23.5 Å². The zero-order chi connectivity index (χ0) is 15.7. The number of carbonyl (C=O) groups excluding carboxylic acids is 2. The topological polar surface area (TPSA) is 101 Å². The number of imide groups is 1. The minimum absolute atomic E-state index is 0.0963. The smallest absolute Gasteiger partial charge is 0.249 e. The van der Waals surface area contributed by atoms with E-state index in [9.17, 15) is 9.59 Å². The highest BCUT2D eigenvalue weighted by Crippen LogP contribution is 2.27. The van der Waals surface area contributed by atoms with Gasteiger partial charge in [-0.15, -0.1) is 0 Å². The summed E-state index contributed by atoms with van der Waals surface area (Å²) in [5, 5.41) is 2.36. The highest BCUT2D eigenvalue weighted by atomic mass is 16.2. The van der Waals surface area contributed by atoms with Crippen molar-refractivity contribution in [3.8, 4) is 0 Å². The van der Waals surface area contributed by atoms with E-state index in [2.05, 4.69) is 15.3 Å². The van der Waals surface area contributed by atoms with Crippen molar-refractivity contribution in [3.05, 3.63) is 11.4 Å². The first-order valence-corrected chi connectivity index (χ1v) is 7.09. The summed E-state index contributed by atoms with van der Waals surface area (Å²) in [7, 11) is 0. The second-order valence-electron chi connectivity index (χ2n) is 5.53. The van der Waals surface area contributed by atoms with Crippen LogP contribution in [0.5, 0.6) is 0 Å². The molecule has 21 heavy (non-hydrogen) atoms. The fourth-order valence-electron chi connectivity index (χ4n) is 2.37. The van der Waals surface area contributed by atoms with Crippen molar-refractivity contribution in [2.45, 2.75) is 46.1 Å². The molecule has 0 bridgehead atoms. The fraction of sp³-hybridized carbons (Fsp3) is 0.571. The van der Waals surface area contributed by atoms with Crippen LogP contribution in [0.4, 0.5) is 11.6 Å². The number of carbonyl (C=O) groups is 2. The largest absolute Gasteiger partial charge is 0.383 e. The molecule has 3 N–H and O–H groups in total. The summed E-state index contributed by atoms with van der Waals surface area (Å²) in [6.07, 6.45) is 0.583. The van der Waals surface area contributed by atoms with Gasteiger partial charge in [-0.2, -0.15) is 0 Å². The third-order valence-electron chi connectivity index (χ3n) is 3.61. The molecule has 2 heterocycles. The van der Waals surface area contributed by atoms with Crippen molar-refractivity contribution in [1.82, 2.24) is 15.3 Å². The minimum atomic E-state index is -0.421. The number of piperazine rings is 1. The lowest BCUT2D eigenvalue weighted by Crippen LogP contribution is -2.58.